The summed E-state index contributed by atoms with van der Waals surface area (Å²) in [7, 11) is 0. The quantitative estimate of drug-likeness (QED) is 0.838. The van der Waals surface area contributed by atoms with Crippen LogP contribution in [0.3, 0.4) is 0 Å². The smallest absolute Gasteiger partial charge is 0.275 e. The number of benzene rings is 1. The minimum Gasteiger partial charge on any atom is -0.334 e. The van der Waals surface area contributed by atoms with E-state index in [1.807, 2.05) is 23.1 Å². The number of aromatic amines is 1. The number of aromatic nitrogens is 2. The molecular formula is C14H17BrN4O. The molecule has 2 atom stereocenters. The SMILES string of the molecule is C[C@@H]1CN(C(=O)c2n[nH]c3ccc(Br)cc23)C[C@@H](C)N1. The van der Waals surface area contributed by atoms with Gasteiger partial charge in [-0.1, -0.05) is 15.9 Å². The zero-order valence-electron chi connectivity index (χ0n) is 11.5. The topological polar surface area (TPSA) is 61.0 Å². The Balaban J connectivity index is 1.94. The molecule has 0 spiro atoms. The van der Waals surface area contributed by atoms with Crippen molar-refractivity contribution in [2.45, 2.75) is 25.9 Å². The Morgan fingerprint density at radius 2 is 2.05 bits per heavy atom. The van der Waals surface area contributed by atoms with Crippen LogP contribution in [0.25, 0.3) is 10.9 Å². The highest BCUT2D eigenvalue weighted by atomic mass is 79.9. The van der Waals surface area contributed by atoms with Crippen LogP contribution < -0.4 is 5.32 Å². The molecule has 1 amide bonds. The summed E-state index contributed by atoms with van der Waals surface area (Å²) < 4.78 is 0.947. The fourth-order valence-electron chi connectivity index (χ4n) is 2.79. The number of nitrogens with zero attached hydrogens (tertiary/aromatic N) is 2. The molecule has 20 heavy (non-hydrogen) atoms. The van der Waals surface area contributed by atoms with E-state index in [2.05, 4.69) is 45.3 Å². The summed E-state index contributed by atoms with van der Waals surface area (Å²) >= 11 is 3.44. The van der Waals surface area contributed by atoms with Gasteiger partial charge in [-0.3, -0.25) is 9.89 Å². The highest BCUT2D eigenvalue weighted by Crippen LogP contribution is 2.22. The Labute approximate surface area is 125 Å². The van der Waals surface area contributed by atoms with Crippen molar-refractivity contribution in [3.05, 3.63) is 28.4 Å². The van der Waals surface area contributed by atoms with Gasteiger partial charge in [0.25, 0.3) is 5.91 Å². The summed E-state index contributed by atoms with van der Waals surface area (Å²) in [6.45, 7) is 5.61. The van der Waals surface area contributed by atoms with Gasteiger partial charge in [-0.2, -0.15) is 5.10 Å². The van der Waals surface area contributed by atoms with Crippen LogP contribution in [0.5, 0.6) is 0 Å². The standard InChI is InChI=1S/C14H17BrN4O/c1-8-6-19(7-9(2)16-8)14(20)13-11-5-10(15)3-4-12(11)17-18-13/h3-5,8-9,16H,6-7H2,1-2H3,(H,17,18)/t8-,9-/m1/s1. The van der Waals surface area contributed by atoms with Crippen LogP contribution in [0.1, 0.15) is 24.3 Å². The van der Waals surface area contributed by atoms with Gasteiger partial charge in [-0.25, -0.2) is 0 Å². The molecule has 1 saturated heterocycles. The van der Waals surface area contributed by atoms with Crippen LogP contribution >= 0.6 is 15.9 Å². The van der Waals surface area contributed by atoms with Gasteiger partial charge in [0.05, 0.1) is 5.52 Å². The number of carbonyl (C=O) groups excluding carboxylic acids is 1. The molecule has 2 aromatic rings. The maximum atomic E-state index is 12.7. The number of hydrogen-bond donors (Lipinski definition) is 2. The molecule has 1 aromatic carbocycles. The first kappa shape index (κ1) is 13.6. The van der Waals surface area contributed by atoms with Gasteiger partial charge in [0.1, 0.15) is 0 Å². The molecule has 0 radical (unpaired) electrons. The number of halogens is 1. The summed E-state index contributed by atoms with van der Waals surface area (Å²) in [5.41, 5.74) is 1.38. The van der Waals surface area contributed by atoms with Crippen molar-refractivity contribution in [1.29, 1.82) is 0 Å². The number of nitrogens with one attached hydrogen (secondary N) is 2. The third kappa shape index (κ3) is 2.45. The van der Waals surface area contributed by atoms with Gasteiger partial charge in [-0.15, -0.1) is 0 Å². The van der Waals surface area contributed by atoms with Gasteiger partial charge in [-0.05, 0) is 32.0 Å². The van der Waals surface area contributed by atoms with Gasteiger partial charge >= 0.3 is 0 Å². The van der Waals surface area contributed by atoms with E-state index < -0.39 is 0 Å². The predicted octanol–water partition coefficient (Wildman–Crippen LogP) is 2.15. The summed E-state index contributed by atoms with van der Waals surface area (Å²) in [5.74, 6) is -0.00505. The maximum absolute atomic E-state index is 12.7. The molecule has 0 bridgehead atoms. The van der Waals surface area contributed by atoms with Crippen LogP contribution in [-0.4, -0.2) is 46.2 Å². The molecule has 0 unspecified atom stereocenters. The summed E-state index contributed by atoms with van der Waals surface area (Å²) in [6.07, 6.45) is 0. The Morgan fingerprint density at radius 3 is 2.75 bits per heavy atom. The zero-order valence-corrected chi connectivity index (χ0v) is 13.1. The Bertz CT molecular complexity index is 644. The molecule has 1 aliphatic heterocycles. The Hall–Kier alpha value is -1.40. The van der Waals surface area contributed by atoms with Crippen molar-refractivity contribution >= 4 is 32.7 Å². The molecule has 1 fully saturated rings. The van der Waals surface area contributed by atoms with Gasteiger partial charge < -0.3 is 10.2 Å². The molecule has 5 nitrogen and oxygen atoms in total. The fraction of sp³-hybridized carbons (Fsp3) is 0.429. The highest BCUT2D eigenvalue weighted by molar-refractivity contribution is 9.10. The van der Waals surface area contributed by atoms with E-state index in [4.69, 9.17) is 0 Å². The largest absolute Gasteiger partial charge is 0.334 e. The van der Waals surface area contributed by atoms with Gasteiger partial charge in [0, 0.05) is 35.0 Å². The zero-order chi connectivity index (χ0) is 14.3. The molecule has 3 rings (SSSR count). The average Bonchev–Trinajstić information content (AvgIpc) is 2.79. The first-order chi connectivity index (χ1) is 9.54. The van der Waals surface area contributed by atoms with Crippen molar-refractivity contribution in [2.75, 3.05) is 13.1 Å². The minimum atomic E-state index is -0.00505. The molecule has 0 aliphatic carbocycles. The predicted molar refractivity (Wildman–Crippen MR) is 81.8 cm³/mol. The molecule has 1 aromatic heterocycles. The van der Waals surface area contributed by atoms with E-state index in [0.29, 0.717) is 30.9 Å². The lowest BCUT2D eigenvalue weighted by atomic mass is 10.1. The Kier molecular flexibility index (Phi) is 3.52. The number of fused-ring (bicyclic) bond motifs is 1. The van der Waals surface area contributed by atoms with E-state index in [0.717, 1.165) is 15.4 Å². The number of hydrogen-bond acceptors (Lipinski definition) is 3. The van der Waals surface area contributed by atoms with Crippen molar-refractivity contribution in [1.82, 2.24) is 20.4 Å². The average molecular weight is 337 g/mol. The molecule has 1 aliphatic rings. The number of carbonyl (C=O) groups is 1. The lowest BCUT2D eigenvalue weighted by Crippen LogP contribution is -2.55. The monoisotopic (exact) mass is 336 g/mol. The van der Waals surface area contributed by atoms with E-state index in [9.17, 15) is 4.79 Å². The number of amides is 1. The molecule has 6 heteroatoms. The second-order valence-electron chi connectivity index (χ2n) is 5.44. The highest BCUT2D eigenvalue weighted by Gasteiger charge is 2.27. The van der Waals surface area contributed by atoms with Crippen molar-refractivity contribution < 1.29 is 4.79 Å². The molecule has 0 saturated carbocycles. The summed E-state index contributed by atoms with van der Waals surface area (Å²) in [4.78, 5) is 14.6. The Morgan fingerprint density at radius 1 is 1.35 bits per heavy atom. The summed E-state index contributed by atoms with van der Waals surface area (Å²) in [5, 5.41) is 11.4. The third-order valence-corrected chi connectivity index (χ3v) is 4.07. The lowest BCUT2D eigenvalue weighted by molar-refractivity contribution is 0.0669. The molecular weight excluding hydrogens is 320 g/mol. The van der Waals surface area contributed by atoms with Crippen molar-refractivity contribution in [3.63, 3.8) is 0 Å². The van der Waals surface area contributed by atoms with Gasteiger partial charge in [0.2, 0.25) is 0 Å². The second-order valence-corrected chi connectivity index (χ2v) is 6.36. The lowest BCUT2D eigenvalue weighted by Gasteiger charge is -2.35. The van der Waals surface area contributed by atoms with E-state index in [1.165, 1.54) is 0 Å². The van der Waals surface area contributed by atoms with E-state index >= 15 is 0 Å². The molecule has 2 N–H and O–H groups in total. The van der Waals surface area contributed by atoms with Crippen molar-refractivity contribution in [3.8, 4) is 0 Å². The third-order valence-electron chi connectivity index (χ3n) is 3.57. The molecule has 106 valence electrons. The van der Waals surface area contributed by atoms with Crippen LogP contribution in [0.4, 0.5) is 0 Å². The normalized spacial score (nSPS) is 23.2. The number of H-pyrrole nitrogens is 1. The van der Waals surface area contributed by atoms with E-state index in [1.54, 1.807) is 0 Å². The van der Waals surface area contributed by atoms with Gasteiger partial charge in [0.15, 0.2) is 5.69 Å². The summed E-state index contributed by atoms with van der Waals surface area (Å²) in [6, 6.07) is 6.40. The van der Waals surface area contributed by atoms with Crippen LogP contribution in [0, 0.1) is 0 Å². The number of piperazine rings is 1. The van der Waals surface area contributed by atoms with Crippen LogP contribution in [-0.2, 0) is 0 Å². The fourth-order valence-corrected chi connectivity index (χ4v) is 3.15. The first-order valence-corrected chi connectivity index (χ1v) is 7.53. The molecule has 2 heterocycles. The minimum absolute atomic E-state index is 0.00505. The first-order valence-electron chi connectivity index (χ1n) is 6.73. The van der Waals surface area contributed by atoms with Crippen LogP contribution in [0.2, 0.25) is 0 Å². The van der Waals surface area contributed by atoms with E-state index in [-0.39, 0.29) is 5.91 Å². The van der Waals surface area contributed by atoms with Crippen molar-refractivity contribution in [2.24, 2.45) is 0 Å². The maximum Gasteiger partial charge on any atom is 0.275 e. The van der Waals surface area contributed by atoms with Crippen LogP contribution in [0.15, 0.2) is 22.7 Å². The number of rotatable bonds is 1. The second kappa shape index (κ2) is 5.18.